The van der Waals surface area contributed by atoms with Gasteiger partial charge in [-0.2, -0.15) is 0 Å². The molecular weight excluding hydrogens is 256 g/mol. The molecule has 1 saturated heterocycles. The smallest absolute Gasteiger partial charge is 0.110 e. The second-order valence-electron chi connectivity index (χ2n) is 5.43. The third kappa shape index (κ3) is 3.58. The molecule has 1 aliphatic rings. The van der Waals surface area contributed by atoms with Crippen LogP contribution in [0.3, 0.4) is 0 Å². The lowest BCUT2D eigenvalue weighted by Crippen LogP contribution is -2.54. The molecule has 1 fully saturated rings. The van der Waals surface area contributed by atoms with Gasteiger partial charge in [-0.05, 0) is 12.5 Å². The first-order valence-corrected chi connectivity index (χ1v) is 7.11. The number of aliphatic hydroxyl groups is 1. The van der Waals surface area contributed by atoms with Crippen molar-refractivity contribution in [2.75, 3.05) is 13.7 Å². The fraction of sp³-hybridized carbons (Fsp3) is 0.625. The molecule has 0 spiro atoms. The van der Waals surface area contributed by atoms with E-state index in [0.29, 0.717) is 13.2 Å². The van der Waals surface area contributed by atoms with Crippen LogP contribution in [0, 0.1) is 5.92 Å². The summed E-state index contributed by atoms with van der Waals surface area (Å²) in [5.41, 5.74) is 1.11. The van der Waals surface area contributed by atoms with Crippen molar-refractivity contribution in [3.8, 4) is 0 Å². The highest BCUT2D eigenvalue weighted by Crippen LogP contribution is 2.27. The molecule has 0 amide bonds. The number of methoxy groups -OCH3 is 1. The van der Waals surface area contributed by atoms with Crippen molar-refractivity contribution >= 4 is 0 Å². The molecule has 0 aromatic heterocycles. The van der Waals surface area contributed by atoms with Gasteiger partial charge in [0.1, 0.15) is 12.2 Å². The number of aliphatic hydroxyl groups excluding tert-OH is 1. The van der Waals surface area contributed by atoms with E-state index in [-0.39, 0.29) is 24.2 Å². The minimum absolute atomic E-state index is 0.0497. The number of rotatable bonds is 5. The topological polar surface area (TPSA) is 47.9 Å². The summed E-state index contributed by atoms with van der Waals surface area (Å²) in [6.45, 7) is 4.93. The summed E-state index contributed by atoms with van der Waals surface area (Å²) < 4.78 is 16.9. The molecular formula is C16H24O4. The highest BCUT2D eigenvalue weighted by atomic mass is 16.6. The number of hydrogen-bond donors (Lipinski definition) is 1. The molecule has 3 unspecified atom stereocenters. The van der Waals surface area contributed by atoms with Crippen molar-refractivity contribution in [2.45, 2.75) is 44.9 Å². The first kappa shape index (κ1) is 15.4. The molecule has 4 heteroatoms. The van der Waals surface area contributed by atoms with Gasteiger partial charge in [-0.3, -0.25) is 0 Å². The molecule has 1 aromatic carbocycles. The highest BCUT2D eigenvalue weighted by molar-refractivity contribution is 5.13. The summed E-state index contributed by atoms with van der Waals surface area (Å²) >= 11 is 0. The Hall–Kier alpha value is -0.940. The van der Waals surface area contributed by atoms with E-state index < -0.39 is 6.10 Å². The van der Waals surface area contributed by atoms with Crippen LogP contribution < -0.4 is 0 Å². The van der Waals surface area contributed by atoms with Crippen LogP contribution in [0.5, 0.6) is 0 Å². The Labute approximate surface area is 120 Å². The van der Waals surface area contributed by atoms with Crippen LogP contribution in [0.2, 0.25) is 0 Å². The largest absolute Gasteiger partial charge is 0.388 e. The maximum absolute atomic E-state index is 10.3. The lowest BCUT2D eigenvalue weighted by Gasteiger charge is -2.41. The van der Waals surface area contributed by atoms with E-state index in [4.69, 9.17) is 14.2 Å². The first-order valence-electron chi connectivity index (χ1n) is 7.11. The number of ether oxygens (including phenoxy) is 3. The Kier molecular flexibility index (Phi) is 5.54. The molecule has 2 rings (SSSR count). The van der Waals surface area contributed by atoms with E-state index >= 15 is 0 Å². The second-order valence-corrected chi connectivity index (χ2v) is 5.43. The van der Waals surface area contributed by atoms with Gasteiger partial charge in [-0.25, -0.2) is 0 Å². The van der Waals surface area contributed by atoms with Crippen LogP contribution in [0.4, 0.5) is 0 Å². The lowest BCUT2D eigenvalue weighted by atomic mass is 9.89. The van der Waals surface area contributed by atoms with Gasteiger partial charge in [0.2, 0.25) is 0 Å². The summed E-state index contributed by atoms with van der Waals surface area (Å²) in [6, 6.07) is 9.97. The maximum atomic E-state index is 10.3. The molecule has 1 aliphatic heterocycles. The van der Waals surface area contributed by atoms with Crippen molar-refractivity contribution in [1.29, 1.82) is 0 Å². The van der Waals surface area contributed by atoms with Crippen LogP contribution in [0.25, 0.3) is 0 Å². The number of benzene rings is 1. The van der Waals surface area contributed by atoms with Crippen LogP contribution >= 0.6 is 0 Å². The van der Waals surface area contributed by atoms with Gasteiger partial charge in [0.15, 0.2) is 0 Å². The lowest BCUT2D eigenvalue weighted by molar-refractivity contribution is -0.212. The molecule has 4 nitrogen and oxygen atoms in total. The van der Waals surface area contributed by atoms with E-state index in [1.54, 1.807) is 7.11 Å². The highest BCUT2D eigenvalue weighted by Gasteiger charge is 2.41. The van der Waals surface area contributed by atoms with Gasteiger partial charge >= 0.3 is 0 Å². The first-order chi connectivity index (χ1) is 9.63. The van der Waals surface area contributed by atoms with Gasteiger partial charge in [0.05, 0.1) is 25.4 Å². The maximum Gasteiger partial charge on any atom is 0.110 e. The fourth-order valence-corrected chi connectivity index (χ4v) is 2.63. The van der Waals surface area contributed by atoms with Crippen molar-refractivity contribution in [3.63, 3.8) is 0 Å². The molecule has 1 N–H and O–H groups in total. The molecule has 1 heterocycles. The SMILES string of the molecule is COC1C(C)[C@@H](C)OC(COCc2ccccc2)[C@@H]1O. The van der Waals surface area contributed by atoms with E-state index in [1.165, 1.54) is 0 Å². The van der Waals surface area contributed by atoms with Crippen molar-refractivity contribution in [3.05, 3.63) is 35.9 Å². The quantitative estimate of drug-likeness (QED) is 0.896. The molecule has 0 aliphatic carbocycles. The van der Waals surface area contributed by atoms with Crippen molar-refractivity contribution < 1.29 is 19.3 Å². The molecule has 1 aromatic rings. The Morgan fingerprint density at radius 1 is 1.20 bits per heavy atom. The summed E-state index contributed by atoms with van der Waals surface area (Å²) in [7, 11) is 1.63. The Balaban J connectivity index is 1.86. The third-order valence-corrected chi connectivity index (χ3v) is 4.03. The minimum atomic E-state index is -0.651. The summed E-state index contributed by atoms with van der Waals surface area (Å²) in [6.07, 6.45) is -1.14. The van der Waals surface area contributed by atoms with Gasteiger partial charge in [-0.1, -0.05) is 37.3 Å². The Morgan fingerprint density at radius 3 is 2.55 bits per heavy atom. The monoisotopic (exact) mass is 280 g/mol. The Bertz CT molecular complexity index is 395. The van der Waals surface area contributed by atoms with Gasteiger partial charge in [0.25, 0.3) is 0 Å². The van der Waals surface area contributed by atoms with E-state index in [2.05, 4.69) is 0 Å². The molecule has 5 atom stereocenters. The van der Waals surface area contributed by atoms with Gasteiger partial charge in [-0.15, -0.1) is 0 Å². The zero-order valence-electron chi connectivity index (χ0n) is 12.4. The zero-order valence-corrected chi connectivity index (χ0v) is 12.4. The minimum Gasteiger partial charge on any atom is -0.388 e. The standard InChI is InChI=1S/C16H24O4/c1-11-12(2)20-14(15(17)16(11)18-3)10-19-9-13-7-5-4-6-8-13/h4-8,11-12,14-17H,9-10H2,1-3H3/t11?,12-,14?,15+,16?/m1/s1. The van der Waals surface area contributed by atoms with E-state index in [9.17, 15) is 5.11 Å². The third-order valence-electron chi connectivity index (χ3n) is 4.03. The van der Waals surface area contributed by atoms with Crippen LogP contribution in [0.1, 0.15) is 19.4 Å². The van der Waals surface area contributed by atoms with Crippen molar-refractivity contribution in [1.82, 2.24) is 0 Å². The van der Waals surface area contributed by atoms with Gasteiger partial charge < -0.3 is 19.3 Å². The van der Waals surface area contributed by atoms with Crippen LogP contribution in [-0.4, -0.2) is 43.2 Å². The van der Waals surface area contributed by atoms with Gasteiger partial charge in [0, 0.05) is 13.0 Å². The molecule has 0 bridgehead atoms. The summed E-state index contributed by atoms with van der Waals surface area (Å²) in [5, 5.41) is 10.3. The normalized spacial score (nSPS) is 34.1. The summed E-state index contributed by atoms with van der Waals surface area (Å²) in [4.78, 5) is 0. The fourth-order valence-electron chi connectivity index (χ4n) is 2.63. The average Bonchev–Trinajstić information content (AvgIpc) is 2.46. The Morgan fingerprint density at radius 2 is 1.90 bits per heavy atom. The zero-order chi connectivity index (χ0) is 14.5. The molecule has 112 valence electrons. The van der Waals surface area contributed by atoms with E-state index in [1.807, 2.05) is 44.2 Å². The predicted octanol–water partition coefficient (Wildman–Crippen LogP) is 2.00. The van der Waals surface area contributed by atoms with E-state index in [0.717, 1.165) is 5.56 Å². The number of hydrogen-bond acceptors (Lipinski definition) is 4. The predicted molar refractivity (Wildman–Crippen MR) is 76.4 cm³/mol. The molecule has 0 radical (unpaired) electrons. The molecule has 0 saturated carbocycles. The second kappa shape index (κ2) is 7.18. The van der Waals surface area contributed by atoms with Crippen molar-refractivity contribution in [2.24, 2.45) is 5.92 Å². The average molecular weight is 280 g/mol. The molecule has 20 heavy (non-hydrogen) atoms. The van der Waals surface area contributed by atoms with Crippen LogP contribution in [0.15, 0.2) is 30.3 Å². The van der Waals surface area contributed by atoms with Crippen LogP contribution in [-0.2, 0) is 20.8 Å². The summed E-state index contributed by atoms with van der Waals surface area (Å²) in [5.74, 6) is 0.167.